The lowest BCUT2D eigenvalue weighted by molar-refractivity contribution is 0.0931. The molecule has 0 saturated carbocycles. The lowest BCUT2D eigenvalue weighted by Gasteiger charge is -2.04. The van der Waals surface area contributed by atoms with Crippen molar-refractivity contribution in [2.45, 2.75) is 6.92 Å². The third-order valence-electron chi connectivity index (χ3n) is 2.64. The van der Waals surface area contributed by atoms with Crippen LogP contribution in [-0.4, -0.2) is 25.7 Å². The summed E-state index contributed by atoms with van der Waals surface area (Å²) in [5.41, 5.74) is 7.40. The zero-order valence-corrected chi connectivity index (χ0v) is 12.3. The molecule has 0 saturated heterocycles. The molecule has 1 aromatic carbocycles. The van der Waals surface area contributed by atoms with Gasteiger partial charge in [-0.15, -0.1) is 11.3 Å². The van der Waals surface area contributed by atoms with Crippen molar-refractivity contribution in [3.63, 3.8) is 0 Å². The summed E-state index contributed by atoms with van der Waals surface area (Å²) in [7, 11) is 0. The summed E-state index contributed by atoms with van der Waals surface area (Å²) in [6, 6.07) is 7.51. The summed E-state index contributed by atoms with van der Waals surface area (Å²) in [5.74, 6) is -0.0799. The van der Waals surface area contributed by atoms with Gasteiger partial charge < -0.3 is 15.8 Å². The molecular weight excluding hydrogens is 272 g/mol. The van der Waals surface area contributed by atoms with Gasteiger partial charge in [-0.2, -0.15) is 0 Å². The maximum absolute atomic E-state index is 12.0. The Morgan fingerprint density at radius 2 is 2.25 bits per heavy atom. The Balaban J connectivity index is 1.89. The van der Waals surface area contributed by atoms with Crippen molar-refractivity contribution in [1.29, 1.82) is 0 Å². The summed E-state index contributed by atoms with van der Waals surface area (Å²) in [6.45, 7) is 7.15. The number of amides is 1. The van der Waals surface area contributed by atoms with E-state index in [1.54, 1.807) is 0 Å². The zero-order chi connectivity index (χ0) is 14.5. The van der Waals surface area contributed by atoms with Gasteiger partial charge in [-0.1, -0.05) is 12.2 Å². The van der Waals surface area contributed by atoms with Crippen molar-refractivity contribution >= 4 is 33.0 Å². The van der Waals surface area contributed by atoms with E-state index in [-0.39, 0.29) is 5.91 Å². The molecule has 2 rings (SSSR count). The van der Waals surface area contributed by atoms with E-state index >= 15 is 0 Å². The molecule has 1 amide bonds. The molecule has 20 heavy (non-hydrogen) atoms. The average Bonchev–Trinajstić information content (AvgIpc) is 2.80. The molecule has 3 N–H and O–H groups in total. The fourth-order valence-electron chi connectivity index (χ4n) is 1.74. The second-order valence-electron chi connectivity index (χ2n) is 4.67. The smallest absolute Gasteiger partial charge is 0.261 e. The number of nitrogens with one attached hydrogen (secondary N) is 1. The molecule has 4 nitrogen and oxygen atoms in total. The number of nitrogen functional groups attached to an aromatic ring is 1. The Kier molecular flexibility index (Phi) is 4.76. The van der Waals surface area contributed by atoms with Crippen LogP contribution >= 0.6 is 11.3 Å². The molecule has 1 aromatic heterocycles. The molecule has 0 aliphatic heterocycles. The highest BCUT2D eigenvalue weighted by atomic mass is 32.1. The van der Waals surface area contributed by atoms with E-state index in [1.807, 2.05) is 31.2 Å². The van der Waals surface area contributed by atoms with Crippen molar-refractivity contribution in [1.82, 2.24) is 5.32 Å². The van der Waals surface area contributed by atoms with Gasteiger partial charge in [0.15, 0.2) is 0 Å². The second kappa shape index (κ2) is 6.54. The number of fused-ring (bicyclic) bond motifs is 1. The Bertz CT molecular complexity index is 634. The third-order valence-corrected chi connectivity index (χ3v) is 3.76. The van der Waals surface area contributed by atoms with Crippen LogP contribution in [-0.2, 0) is 4.74 Å². The molecule has 0 aliphatic rings. The lowest BCUT2D eigenvalue weighted by atomic mass is 10.2. The van der Waals surface area contributed by atoms with E-state index in [0.29, 0.717) is 30.3 Å². The second-order valence-corrected chi connectivity index (χ2v) is 5.76. The van der Waals surface area contributed by atoms with Crippen LogP contribution in [0, 0.1) is 0 Å². The maximum atomic E-state index is 12.0. The fourth-order valence-corrected chi connectivity index (χ4v) is 2.70. The number of carbonyl (C=O) groups excluding carboxylic acids is 1. The topological polar surface area (TPSA) is 64.3 Å². The molecule has 106 valence electrons. The molecule has 0 fully saturated rings. The number of hydrogen-bond acceptors (Lipinski definition) is 4. The van der Waals surface area contributed by atoms with Gasteiger partial charge in [-0.05, 0) is 36.6 Å². The first-order valence-corrected chi connectivity index (χ1v) is 7.17. The van der Waals surface area contributed by atoms with Gasteiger partial charge in [0, 0.05) is 16.9 Å². The van der Waals surface area contributed by atoms with Gasteiger partial charge in [-0.3, -0.25) is 4.79 Å². The van der Waals surface area contributed by atoms with Gasteiger partial charge in [-0.25, -0.2) is 0 Å². The van der Waals surface area contributed by atoms with Gasteiger partial charge in [0.05, 0.1) is 18.1 Å². The normalized spacial score (nSPS) is 10.7. The maximum Gasteiger partial charge on any atom is 0.261 e. The predicted octanol–water partition coefficient (Wildman–Crippen LogP) is 2.81. The van der Waals surface area contributed by atoms with Crippen molar-refractivity contribution < 1.29 is 9.53 Å². The fraction of sp³-hybridized carbons (Fsp3) is 0.267. The van der Waals surface area contributed by atoms with Gasteiger partial charge in [0.1, 0.15) is 0 Å². The predicted molar refractivity (Wildman–Crippen MR) is 84.2 cm³/mol. The number of rotatable bonds is 6. The molecular formula is C15H18N2O2S. The van der Waals surface area contributed by atoms with Crippen molar-refractivity contribution in [3.8, 4) is 0 Å². The molecule has 1 heterocycles. The van der Waals surface area contributed by atoms with Crippen LogP contribution in [0.5, 0.6) is 0 Å². The summed E-state index contributed by atoms with van der Waals surface area (Å²) >= 11 is 1.46. The van der Waals surface area contributed by atoms with Crippen LogP contribution < -0.4 is 11.1 Å². The van der Waals surface area contributed by atoms with Crippen LogP contribution in [0.1, 0.15) is 16.6 Å². The van der Waals surface area contributed by atoms with Gasteiger partial charge >= 0.3 is 0 Å². The SMILES string of the molecule is C=C(C)COCCNC(=O)c1cc2cc(N)ccc2s1. The van der Waals surface area contributed by atoms with E-state index in [2.05, 4.69) is 11.9 Å². The summed E-state index contributed by atoms with van der Waals surface area (Å²) in [6.07, 6.45) is 0. The minimum atomic E-state index is -0.0799. The first-order chi connectivity index (χ1) is 9.56. The Morgan fingerprint density at radius 3 is 3.00 bits per heavy atom. The summed E-state index contributed by atoms with van der Waals surface area (Å²) in [4.78, 5) is 12.7. The minimum Gasteiger partial charge on any atom is -0.399 e. The standard InChI is InChI=1S/C15H18N2O2S/c1-10(2)9-19-6-5-17-15(18)14-8-11-7-12(16)3-4-13(11)20-14/h3-4,7-8H,1,5-6,9,16H2,2H3,(H,17,18). The monoisotopic (exact) mass is 290 g/mol. The molecule has 0 unspecified atom stereocenters. The number of hydrogen-bond donors (Lipinski definition) is 2. The molecule has 0 spiro atoms. The van der Waals surface area contributed by atoms with E-state index in [1.165, 1.54) is 11.3 Å². The van der Waals surface area contributed by atoms with Crippen molar-refractivity contribution in [3.05, 3.63) is 41.3 Å². The average molecular weight is 290 g/mol. The number of benzene rings is 1. The molecule has 0 atom stereocenters. The number of thiophene rings is 1. The quantitative estimate of drug-likeness (QED) is 0.488. The van der Waals surface area contributed by atoms with Crippen molar-refractivity contribution in [2.75, 3.05) is 25.5 Å². The first kappa shape index (κ1) is 14.6. The first-order valence-electron chi connectivity index (χ1n) is 6.35. The zero-order valence-electron chi connectivity index (χ0n) is 11.4. The highest BCUT2D eigenvalue weighted by Gasteiger charge is 2.09. The number of anilines is 1. The van der Waals surface area contributed by atoms with Crippen molar-refractivity contribution in [2.24, 2.45) is 0 Å². The molecule has 0 aliphatic carbocycles. The largest absolute Gasteiger partial charge is 0.399 e. The van der Waals surface area contributed by atoms with Crippen LogP contribution in [0.4, 0.5) is 5.69 Å². The van der Waals surface area contributed by atoms with E-state index in [9.17, 15) is 4.79 Å². The molecule has 5 heteroatoms. The van der Waals surface area contributed by atoms with Gasteiger partial charge in [0.2, 0.25) is 0 Å². The Hall–Kier alpha value is -1.85. The highest BCUT2D eigenvalue weighted by Crippen LogP contribution is 2.27. The summed E-state index contributed by atoms with van der Waals surface area (Å²) < 4.78 is 6.39. The van der Waals surface area contributed by atoms with Crippen LogP contribution in [0.2, 0.25) is 0 Å². The molecule has 2 aromatic rings. The van der Waals surface area contributed by atoms with E-state index < -0.39 is 0 Å². The number of ether oxygens (including phenoxy) is 1. The third kappa shape index (κ3) is 3.82. The number of nitrogens with two attached hydrogens (primary N) is 1. The Labute approximate surface area is 122 Å². The molecule has 0 bridgehead atoms. The van der Waals surface area contributed by atoms with E-state index in [4.69, 9.17) is 10.5 Å². The lowest BCUT2D eigenvalue weighted by Crippen LogP contribution is -2.26. The van der Waals surface area contributed by atoms with E-state index in [0.717, 1.165) is 15.7 Å². The summed E-state index contributed by atoms with van der Waals surface area (Å²) in [5, 5.41) is 3.83. The van der Waals surface area contributed by atoms with Crippen LogP contribution in [0.15, 0.2) is 36.4 Å². The van der Waals surface area contributed by atoms with Crippen LogP contribution in [0.3, 0.4) is 0 Å². The minimum absolute atomic E-state index is 0.0799. The van der Waals surface area contributed by atoms with Gasteiger partial charge in [0.25, 0.3) is 5.91 Å². The molecule has 0 radical (unpaired) electrons. The highest BCUT2D eigenvalue weighted by molar-refractivity contribution is 7.20. The number of carbonyl (C=O) groups is 1. The van der Waals surface area contributed by atoms with Crippen LogP contribution in [0.25, 0.3) is 10.1 Å². The Morgan fingerprint density at radius 1 is 1.45 bits per heavy atom.